The van der Waals surface area contributed by atoms with Gasteiger partial charge in [-0.2, -0.15) is 5.10 Å². The van der Waals surface area contributed by atoms with Crippen LogP contribution in [-0.4, -0.2) is 18.2 Å². The Bertz CT molecular complexity index is 756. The molecule has 0 unspecified atom stereocenters. The molecule has 2 aromatic rings. The molecule has 0 radical (unpaired) electrons. The molecule has 0 aliphatic heterocycles. The number of halogens is 1. The molecule has 0 bridgehead atoms. The summed E-state index contributed by atoms with van der Waals surface area (Å²) in [5.41, 5.74) is 1.71. The molecule has 6 nitrogen and oxygen atoms in total. The van der Waals surface area contributed by atoms with Gasteiger partial charge in [0.2, 0.25) is 10.0 Å². The van der Waals surface area contributed by atoms with Gasteiger partial charge in [0, 0.05) is 7.05 Å². The van der Waals surface area contributed by atoms with Crippen LogP contribution < -0.4 is 9.88 Å². The predicted octanol–water partition coefficient (Wildman–Crippen LogP) is 1.35. The van der Waals surface area contributed by atoms with E-state index in [2.05, 4.69) is 5.10 Å². The van der Waals surface area contributed by atoms with Gasteiger partial charge in [-0.3, -0.25) is 4.68 Å². The number of rotatable bonds is 5. The second kappa shape index (κ2) is 5.82. The fourth-order valence-corrected chi connectivity index (χ4v) is 2.33. The van der Waals surface area contributed by atoms with Crippen LogP contribution in [-0.2, 0) is 30.1 Å². The number of benzene rings is 1. The van der Waals surface area contributed by atoms with Gasteiger partial charge < -0.3 is 4.74 Å². The molecule has 0 fully saturated rings. The van der Waals surface area contributed by atoms with E-state index in [1.807, 2.05) is 13.0 Å². The Hall–Kier alpha value is -1.93. The van der Waals surface area contributed by atoms with E-state index in [0.29, 0.717) is 0 Å². The molecule has 2 rings (SSSR count). The first-order valence-corrected chi connectivity index (χ1v) is 7.83. The Morgan fingerprint density at radius 1 is 1.38 bits per heavy atom. The molecule has 0 aliphatic carbocycles. The smallest absolute Gasteiger partial charge is 0.238 e. The van der Waals surface area contributed by atoms with Crippen LogP contribution in [0.15, 0.2) is 29.2 Å². The first kappa shape index (κ1) is 15.5. The second-order valence-corrected chi connectivity index (χ2v) is 6.09. The highest BCUT2D eigenvalue weighted by atomic mass is 32.2. The zero-order chi connectivity index (χ0) is 15.6. The summed E-state index contributed by atoms with van der Waals surface area (Å²) in [6.07, 6.45) is 0.797. The molecule has 0 atom stereocenters. The molecule has 0 aliphatic rings. The van der Waals surface area contributed by atoms with Gasteiger partial charge in [-0.25, -0.2) is 17.9 Å². The quantitative estimate of drug-likeness (QED) is 0.902. The van der Waals surface area contributed by atoms with Gasteiger partial charge in [-0.05, 0) is 30.7 Å². The van der Waals surface area contributed by atoms with Crippen LogP contribution in [0.3, 0.4) is 0 Å². The van der Waals surface area contributed by atoms with Crippen LogP contribution in [0.4, 0.5) is 4.39 Å². The summed E-state index contributed by atoms with van der Waals surface area (Å²) in [6, 6.07) is 5.16. The van der Waals surface area contributed by atoms with Crippen molar-refractivity contribution in [3.05, 3.63) is 41.5 Å². The molecule has 1 aromatic carbocycles. The van der Waals surface area contributed by atoms with E-state index < -0.39 is 15.8 Å². The van der Waals surface area contributed by atoms with Crippen molar-refractivity contribution >= 4 is 10.0 Å². The van der Waals surface area contributed by atoms with Crippen molar-refractivity contribution in [3.8, 4) is 5.75 Å². The fourth-order valence-electron chi connectivity index (χ4n) is 1.81. The average Bonchev–Trinajstić information content (AvgIpc) is 2.77. The Morgan fingerprint density at radius 3 is 2.62 bits per heavy atom. The van der Waals surface area contributed by atoms with E-state index in [0.717, 1.165) is 23.9 Å². The lowest BCUT2D eigenvalue weighted by molar-refractivity contribution is 0.280. The summed E-state index contributed by atoms with van der Waals surface area (Å²) in [5, 5.41) is 9.19. The molecule has 2 N–H and O–H groups in total. The van der Waals surface area contributed by atoms with Crippen LogP contribution in [0.25, 0.3) is 0 Å². The molecular formula is C13H16FN3O3S. The minimum atomic E-state index is -3.93. The maximum atomic E-state index is 13.8. The zero-order valence-corrected chi connectivity index (χ0v) is 12.5. The van der Waals surface area contributed by atoms with Gasteiger partial charge in [0.05, 0.1) is 16.3 Å². The minimum absolute atomic E-state index is 0.0401. The SMILES string of the molecule is CCc1cc(COc2ccc(S(N)(=O)=O)cc2F)n(C)n1. The molecule has 1 aromatic heterocycles. The van der Waals surface area contributed by atoms with Gasteiger partial charge in [0.1, 0.15) is 6.61 Å². The highest BCUT2D eigenvalue weighted by Gasteiger charge is 2.13. The van der Waals surface area contributed by atoms with E-state index in [1.165, 1.54) is 12.1 Å². The van der Waals surface area contributed by atoms with Gasteiger partial charge in [-0.15, -0.1) is 0 Å². The number of nitrogens with zero attached hydrogens (tertiary/aromatic N) is 2. The fraction of sp³-hybridized carbons (Fsp3) is 0.308. The van der Waals surface area contributed by atoms with Crippen LogP contribution in [0, 0.1) is 5.82 Å². The number of ether oxygens (including phenoxy) is 1. The number of hydrogen-bond donors (Lipinski definition) is 1. The Labute approximate surface area is 122 Å². The van der Waals surface area contributed by atoms with Crippen molar-refractivity contribution in [2.75, 3.05) is 0 Å². The topological polar surface area (TPSA) is 87.2 Å². The standard InChI is InChI=1S/C13H16FN3O3S/c1-3-9-6-10(17(2)16-9)8-20-13-5-4-11(7-12(13)14)21(15,18)19/h4-7H,3,8H2,1-2H3,(H2,15,18,19). The van der Waals surface area contributed by atoms with E-state index in [1.54, 1.807) is 11.7 Å². The molecule has 114 valence electrons. The molecule has 21 heavy (non-hydrogen) atoms. The third kappa shape index (κ3) is 3.59. The lowest BCUT2D eigenvalue weighted by Crippen LogP contribution is -2.12. The maximum Gasteiger partial charge on any atom is 0.238 e. The first-order valence-electron chi connectivity index (χ1n) is 6.28. The third-order valence-corrected chi connectivity index (χ3v) is 3.91. The average molecular weight is 313 g/mol. The van der Waals surface area contributed by atoms with E-state index in [9.17, 15) is 12.8 Å². The number of sulfonamides is 1. The largest absolute Gasteiger partial charge is 0.484 e. The van der Waals surface area contributed by atoms with Gasteiger partial charge >= 0.3 is 0 Å². The summed E-state index contributed by atoms with van der Waals surface area (Å²) in [4.78, 5) is -0.291. The number of nitrogens with two attached hydrogens (primary N) is 1. The van der Waals surface area contributed by atoms with E-state index in [-0.39, 0.29) is 17.3 Å². The van der Waals surface area contributed by atoms with Crippen molar-refractivity contribution in [2.45, 2.75) is 24.8 Å². The highest BCUT2D eigenvalue weighted by Crippen LogP contribution is 2.21. The maximum absolute atomic E-state index is 13.8. The summed E-state index contributed by atoms with van der Waals surface area (Å²) < 4.78 is 43.0. The Kier molecular flexibility index (Phi) is 4.29. The van der Waals surface area contributed by atoms with E-state index in [4.69, 9.17) is 9.88 Å². The molecule has 0 spiro atoms. The predicted molar refractivity (Wildman–Crippen MR) is 74.7 cm³/mol. The van der Waals surface area contributed by atoms with Crippen molar-refractivity contribution < 1.29 is 17.5 Å². The minimum Gasteiger partial charge on any atom is -0.484 e. The van der Waals surface area contributed by atoms with Gasteiger partial charge in [0.25, 0.3) is 0 Å². The van der Waals surface area contributed by atoms with Gasteiger partial charge in [-0.1, -0.05) is 6.92 Å². The molecule has 0 amide bonds. The number of primary sulfonamides is 1. The van der Waals surface area contributed by atoms with Crippen molar-refractivity contribution in [3.63, 3.8) is 0 Å². The first-order chi connectivity index (χ1) is 9.81. The highest BCUT2D eigenvalue weighted by molar-refractivity contribution is 7.89. The molecule has 0 saturated heterocycles. The monoisotopic (exact) mass is 313 g/mol. The molecule has 0 saturated carbocycles. The normalized spacial score (nSPS) is 11.6. The van der Waals surface area contributed by atoms with E-state index >= 15 is 0 Å². The Morgan fingerprint density at radius 2 is 2.10 bits per heavy atom. The van der Waals surface area contributed by atoms with Gasteiger partial charge in [0.15, 0.2) is 11.6 Å². The lowest BCUT2D eigenvalue weighted by Gasteiger charge is -2.08. The molecular weight excluding hydrogens is 297 g/mol. The summed E-state index contributed by atoms with van der Waals surface area (Å²) in [5.74, 6) is -0.818. The number of aryl methyl sites for hydroxylation is 2. The lowest BCUT2D eigenvalue weighted by atomic mass is 10.3. The number of aromatic nitrogens is 2. The second-order valence-electron chi connectivity index (χ2n) is 4.53. The summed E-state index contributed by atoms with van der Waals surface area (Å²) in [6.45, 7) is 2.12. The van der Waals surface area contributed by atoms with Crippen LogP contribution in [0.5, 0.6) is 5.75 Å². The van der Waals surface area contributed by atoms with Crippen molar-refractivity contribution in [2.24, 2.45) is 12.2 Å². The van der Waals surface area contributed by atoms with Crippen LogP contribution in [0.2, 0.25) is 0 Å². The van der Waals surface area contributed by atoms with Crippen molar-refractivity contribution in [1.82, 2.24) is 9.78 Å². The summed E-state index contributed by atoms with van der Waals surface area (Å²) >= 11 is 0. The molecule has 1 heterocycles. The third-order valence-electron chi connectivity index (χ3n) is 3.00. The van der Waals surface area contributed by atoms with Crippen molar-refractivity contribution in [1.29, 1.82) is 0 Å². The molecule has 8 heteroatoms. The zero-order valence-electron chi connectivity index (χ0n) is 11.7. The van der Waals surface area contributed by atoms with Crippen LogP contribution >= 0.6 is 0 Å². The Balaban J connectivity index is 2.15. The summed E-state index contributed by atoms with van der Waals surface area (Å²) in [7, 11) is -2.15. The van der Waals surface area contributed by atoms with Crippen LogP contribution in [0.1, 0.15) is 18.3 Å². The number of hydrogen-bond acceptors (Lipinski definition) is 4.